The molecule has 0 bridgehead atoms. The van der Waals surface area contributed by atoms with E-state index in [0.29, 0.717) is 22.2 Å². The fourth-order valence-electron chi connectivity index (χ4n) is 3.13. The minimum Gasteiger partial charge on any atom is -0.495 e. The number of hydrogen-bond donors (Lipinski definition) is 1. The smallest absolute Gasteiger partial charge is 0.243 e. The SMILES string of the molecule is COc1cc(OC)c(NC(=O)CN2CCCc3cc(F)ccc32)cc1Cl. The summed E-state index contributed by atoms with van der Waals surface area (Å²) >= 11 is 6.14. The zero-order valence-electron chi connectivity index (χ0n) is 14.6. The Balaban J connectivity index is 1.75. The maximum atomic E-state index is 13.4. The van der Waals surface area contributed by atoms with Crippen molar-refractivity contribution in [1.82, 2.24) is 0 Å². The summed E-state index contributed by atoms with van der Waals surface area (Å²) in [5, 5.41) is 3.20. The molecular weight excluding hydrogens is 359 g/mol. The first-order valence-corrected chi connectivity index (χ1v) is 8.64. The first-order chi connectivity index (χ1) is 12.5. The van der Waals surface area contributed by atoms with Crippen LogP contribution in [0, 0.1) is 5.82 Å². The number of carbonyl (C=O) groups excluding carboxylic acids is 1. The lowest BCUT2D eigenvalue weighted by Gasteiger charge is -2.30. The molecule has 0 aliphatic carbocycles. The average molecular weight is 379 g/mol. The molecule has 0 unspecified atom stereocenters. The van der Waals surface area contributed by atoms with Crippen molar-refractivity contribution in [3.8, 4) is 11.5 Å². The van der Waals surface area contributed by atoms with Crippen LogP contribution in [0.2, 0.25) is 5.02 Å². The van der Waals surface area contributed by atoms with Gasteiger partial charge in [0, 0.05) is 18.3 Å². The number of carbonyl (C=O) groups is 1. The van der Waals surface area contributed by atoms with Gasteiger partial charge in [0.15, 0.2) is 0 Å². The van der Waals surface area contributed by atoms with Gasteiger partial charge in [-0.25, -0.2) is 4.39 Å². The van der Waals surface area contributed by atoms with Gasteiger partial charge in [0.25, 0.3) is 0 Å². The van der Waals surface area contributed by atoms with Gasteiger partial charge in [0.1, 0.15) is 17.3 Å². The number of aryl methyl sites for hydroxylation is 1. The maximum absolute atomic E-state index is 13.4. The molecule has 138 valence electrons. The molecule has 1 N–H and O–H groups in total. The molecular formula is C19H20ClFN2O3. The molecule has 0 aromatic heterocycles. The van der Waals surface area contributed by atoms with Crippen LogP contribution in [0.1, 0.15) is 12.0 Å². The number of anilines is 2. The minimum absolute atomic E-state index is 0.158. The molecule has 0 atom stereocenters. The third kappa shape index (κ3) is 3.85. The zero-order valence-corrected chi connectivity index (χ0v) is 15.4. The van der Waals surface area contributed by atoms with E-state index in [0.717, 1.165) is 30.6 Å². The van der Waals surface area contributed by atoms with Gasteiger partial charge >= 0.3 is 0 Å². The van der Waals surface area contributed by atoms with Crippen molar-refractivity contribution in [3.63, 3.8) is 0 Å². The topological polar surface area (TPSA) is 50.8 Å². The van der Waals surface area contributed by atoms with Crippen molar-refractivity contribution in [1.29, 1.82) is 0 Å². The number of nitrogens with one attached hydrogen (secondary N) is 1. The molecule has 2 aromatic carbocycles. The van der Waals surface area contributed by atoms with E-state index in [1.165, 1.54) is 26.4 Å². The van der Waals surface area contributed by atoms with Crippen LogP contribution in [0.15, 0.2) is 30.3 Å². The van der Waals surface area contributed by atoms with Crippen molar-refractivity contribution in [2.75, 3.05) is 37.5 Å². The van der Waals surface area contributed by atoms with Gasteiger partial charge in [-0.2, -0.15) is 0 Å². The van der Waals surface area contributed by atoms with Gasteiger partial charge in [-0.05, 0) is 42.7 Å². The minimum atomic E-state index is -0.257. The summed E-state index contributed by atoms with van der Waals surface area (Å²) in [6, 6.07) is 7.89. The fourth-order valence-corrected chi connectivity index (χ4v) is 3.37. The Kier molecular flexibility index (Phi) is 5.52. The van der Waals surface area contributed by atoms with Crippen molar-refractivity contribution < 1.29 is 18.7 Å². The zero-order chi connectivity index (χ0) is 18.7. The Bertz CT molecular complexity index is 829. The summed E-state index contributed by atoms with van der Waals surface area (Å²) in [6.07, 6.45) is 1.69. The maximum Gasteiger partial charge on any atom is 0.243 e. The Morgan fingerprint density at radius 3 is 2.73 bits per heavy atom. The first kappa shape index (κ1) is 18.3. The van der Waals surface area contributed by atoms with E-state index >= 15 is 0 Å². The predicted molar refractivity (Wildman–Crippen MR) is 100 cm³/mol. The molecule has 1 aliphatic rings. The Morgan fingerprint density at radius 1 is 1.23 bits per heavy atom. The standard InChI is InChI=1S/C19H20ClFN2O3/c1-25-17-10-18(26-2)15(9-14(17)20)22-19(24)11-23-7-3-4-12-8-13(21)5-6-16(12)23/h5-6,8-10H,3-4,7,11H2,1-2H3,(H,22,24). The highest BCUT2D eigenvalue weighted by Gasteiger charge is 2.20. The highest BCUT2D eigenvalue weighted by Crippen LogP contribution is 2.36. The number of methoxy groups -OCH3 is 2. The number of rotatable bonds is 5. The fraction of sp³-hybridized carbons (Fsp3) is 0.316. The highest BCUT2D eigenvalue weighted by molar-refractivity contribution is 6.32. The van der Waals surface area contributed by atoms with Gasteiger partial charge in [0.05, 0.1) is 31.5 Å². The van der Waals surface area contributed by atoms with E-state index in [9.17, 15) is 9.18 Å². The molecule has 2 aromatic rings. The largest absolute Gasteiger partial charge is 0.495 e. The lowest BCUT2D eigenvalue weighted by Crippen LogP contribution is -2.36. The second-order valence-electron chi connectivity index (χ2n) is 6.03. The van der Waals surface area contributed by atoms with Gasteiger partial charge < -0.3 is 19.7 Å². The Morgan fingerprint density at radius 2 is 2.00 bits per heavy atom. The van der Waals surface area contributed by atoms with Crippen LogP contribution in [-0.2, 0) is 11.2 Å². The average Bonchev–Trinajstić information content (AvgIpc) is 2.62. The summed E-state index contributed by atoms with van der Waals surface area (Å²) < 4.78 is 23.9. The molecule has 0 saturated heterocycles. The molecule has 0 spiro atoms. The predicted octanol–water partition coefficient (Wildman–Crippen LogP) is 3.89. The van der Waals surface area contributed by atoms with Crippen molar-refractivity contribution in [2.24, 2.45) is 0 Å². The second kappa shape index (κ2) is 7.83. The molecule has 0 fully saturated rings. The number of ether oxygens (including phenoxy) is 2. The molecule has 26 heavy (non-hydrogen) atoms. The van der Waals surface area contributed by atoms with Crippen LogP contribution in [0.4, 0.5) is 15.8 Å². The summed E-state index contributed by atoms with van der Waals surface area (Å²) in [4.78, 5) is 14.5. The molecule has 5 nitrogen and oxygen atoms in total. The highest BCUT2D eigenvalue weighted by atomic mass is 35.5. The number of hydrogen-bond acceptors (Lipinski definition) is 4. The summed E-state index contributed by atoms with van der Waals surface area (Å²) in [6.45, 7) is 0.901. The van der Waals surface area contributed by atoms with Crippen molar-refractivity contribution in [2.45, 2.75) is 12.8 Å². The van der Waals surface area contributed by atoms with E-state index < -0.39 is 0 Å². The summed E-state index contributed by atoms with van der Waals surface area (Å²) in [5.41, 5.74) is 2.29. The number of benzene rings is 2. The van der Waals surface area contributed by atoms with Crippen LogP contribution < -0.4 is 19.7 Å². The molecule has 3 rings (SSSR count). The molecule has 1 amide bonds. The van der Waals surface area contributed by atoms with Gasteiger partial charge in [0.2, 0.25) is 5.91 Å². The van der Waals surface area contributed by atoms with Crippen molar-refractivity contribution in [3.05, 3.63) is 46.7 Å². The number of nitrogens with zero attached hydrogens (tertiary/aromatic N) is 1. The van der Waals surface area contributed by atoms with Gasteiger partial charge in [-0.15, -0.1) is 0 Å². The van der Waals surface area contributed by atoms with Gasteiger partial charge in [-0.3, -0.25) is 4.79 Å². The van der Waals surface area contributed by atoms with Crippen LogP contribution in [-0.4, -0.2) is 33.2 Å². The molecule has 7 heteroatoms. The van der Waals surface area contributed by atoms with E-state index in [4.69, 9.17) is 21.1 Å². The molecule has 0 radical (unpaired) electrons. The molecule has 0 saturated carbocycles. The molecule has 1 heterocycles. The van der Waals surface area contributed by atoms with Gasteiger partial charge in [-0.1, -0.05) is 11.6 Å². The third-order valence-electron chi connectivity index (χ3n) is 4.34. The number of fused-ring (bicyclic) bond motifs is 1. The number of amides is 1. The van der Waals surface area contributed by atoms with E-state index in [2.05, 4.69) is 5.32 Å². The lowest BCUT2D eigenvalue weighted by atomic mass is 10.0. The van der Waals surface area contributed by atoms with E-state index in [-0.39, 0.29) is 18.3 Å². The van der Waals surface area contributed by atoms with Crippen LogP contribution in [0.25, 0.3) is 0 Å². The Hall–Kier alpha value is -2.47. The molecule has 1 aliphatic heterocycles. The van der Waals surface area contributed by atoms with Crippen molar-refractivity contribution >= 4 is 28.9 Å². The second-order valence-corrected chi connectivity index (χ2v) is 6.44. The van der Waals surface area contributed by atoms with E-state index in [1.807, 2.05) is 4.90 Å². The normalized spacial score (nSPS) is 13.2. The van der Waals surface area contributed by atoms with Crippen LogP contribution in [0.3, 0.4) is 0 Å². The Labute approximate surface area is 156 Å². The third-order valence-corrected chi connectivity index (χ3v) is 4.63. The van der Waals surface area contributed by atoms with E-state index in [1.54, 1.807) is 18.2 Å². The number of halogens is 2. The first-order valence-electron chi connectivity index (χ1n) is 8.26. The van der Waals surface area contributed by atoms with Crippen LogP contribution >= 0.6 is 11.6 Å². The lowest BCUT2D eigenvalue weighted by molar-refractivity contribution is -0.115. The monoisotopic (exact) mass is 378 g/mol. The quantitative estimate of drug-likeness (QED) is 0.857. The van der Waals surface area contributed by atoms with Crippen LogP contribution in [0.5, 0.6) is 11.5 Å². The summed E-state index contributed by atoms with van der Waals surface area (Å²) in [5.74, 6) is 0.462. The summed E-state index contributed by atoms with van der Waals surface area (Å²) in [7, 11) is 3.02.